The molecule has 0 atom stereocenters. The topological polar surface area (TPSA) is 49.4 Å². The molecular formula is C13H20BrClN2O2S. The fraction of sp³-hybridized carbons (Fsp3) is 0.538. The van der Waals surface area contributed by atoms with Crippen molar-refractivity contribution in [2.75, 3.05) is 26.2 Å². The fourth-order valence-electron chi connectivity index (χ4n) is 1.81. The SMILES string of the molecule is CCCN(CC)CCNS(=O)(=O)c1ccc(Cl)c(Br)c1. The van der Waals surface area contributed by atoms with E-state index >= 15 is 0 Å². The Hall–Kier alpha value is -0.140. The van der Waals surface area contributed by atoms with Gasteiger partial charge in [0.2, 0.25) is 10.0 Å². The van der Waals surface area contributed by atoms with Crippen molar-refractivity contribution in [3.05, 3.63) is 27.7 Å². The van der Waals surface area contributed by atoms with Crippen LogP contribution in [0.3, 0.4) is 0 Å². The molecule has 0 bridgehead atoms. The van der Waals surface area contributed by atoms with Crippen molar-refractivity contribution in [3.63, 3.8) is 0 Å². The predicted molar refractivity (Wildman–Crippen MR) is 86.7 cm³/mol. The van der Waals surface area contributed by atoms with Gasteiger partial charge in [-0.05, 0) is 53.6 Å². The van der Waals surface area contributed by atoms with E-state index in [9.17, 15) is 8.42 Å². The first-order valence-corrected chi connectivity index (χ1v) is 9.23. The molecule has 0 amide bonds. The molecule has 20 heavy (non-hydrogen) atoms. The molecule has 0 fully saturated rings. The molecule has 0 saturated heterocycles. The van der Waals surface area contributed by atoms with Gasteiger partial charge in [-0.25, -0.2) is 13.1 Å². The normalized spacial score (nSPS) is 12.1. The van der Waals surface area contributed by atoms with Gasteiger partial charge in [-0.1, -0.05) is 25.4 Å². The maximum atomic E-state index is 12.1. The molecule has 0 aliphatic rings. The Morgan fingerprint density at radius 1 is 1.30 bits per heavy atom. The quantitative estimate of drug-likeness (QED) is 0.750. The average molecular weight is 384 g/mol. The fourth-order valence-corrected chi connectivity index (χ4v) is 3.50. The Bertz CT molecular complexity index is 537. The monoisotopic (exact) mass is 382 g/mol. The van der Waals surface area contributed by atoms with E-state index in [2.05, 4.69) is 39.4 Å². The van der Waals surface area contributed by atoms with E-state index in [-0.39, 0.29) is 4.90 Å². The number of halogens is 2. The van der Waals surface area contributed by atoms with Crippen LogP contribution in [0.4, 0.5) is 0 Å². The molecule has 0 heterocycles. The van der Waals surface area contributed by atoms with E-state index in [1.807, 2.05) is 0 Å². The lowest BCUT2D eigenvalue weighted by Gasteiger charge is -2.19. The summed E-state index contributed by atoms with van der Waals surface area (Å²) in [5, 5.41) is 0.490. The van der Waals surface area contributed by atoms with Crippen molar-refractivity contribution in [1.29, 1.82) is 0 Å². The van der Waals surface area contributed by atoms with Crippen molar-refractivity contribution in [2.24, 2.45) is 0 Å². The van der Waals surface area contributed by atoms with E-state index in [1.165, 1.54) is 12.1 Å². The van der Waals surface area contributed by atoms with E-state index < -0.39 is 10.0 Å². The lowest BCUT2D eigenvalue weighted by molar-refractivity contribution is 0.293. The summed E-state index contributed by atoms with van der Waals surface area (Å²) >= 11 is 9.09. The van der Waals surface area contributed by atoms with E-state index in [1.54, 1.807) is 6.07 Å². The zero-order valence-electron chi connectivity index (χ0n) is 11.7. The Morgan fingerprint density at radius 2 is 2.00 bits per heavy atom. The molecule has 114 valence electrons. The van der Waals surface area contributed by atoms with Gasteiger partial charge in [0.1, 0.15) is 0 Å². The summed E-state index contributed by atoms with van der Waals surface area (Å²) in [4.78, 5) is 2.42. The number of hydrogen-bond donors (Lipinski definition) is 1. The third kappa shape index (κ3) is 5.33. The van der Waals surface area contributed by atoms with Gasteiger partial charge in [-0.2, -0.15) is 0 Å². The van der Waals surface area contributed by atoms with E-state index in [0.717, 1.165) is 19.5 Å². The average Bonchev–Trinajstić information content (AvgIpc) is 2.40. The van der Waals surface area contributed by atoms with Crippen molar-refractivity contribution < 1.29 is 8.42 Å². The van der Waals surface area contributed by atoms with Crippen LogP contribution in [0, 0.1) is 0 Å². The molecular weight excluding hydrogens is 364 g/mol. The summed E-state index contributed by atoms with van der Waals surface area (Å²) in [6, 6.07) is 4.57. The van der Waals surface area contributed by atoms with Crippen molar-refractivity contribution in [1.82, 2.24) is 9.62 Å². The van der Waals surface area contributed by atoms with Gasteiger partial charge in [-0.15, -0.1) is 0 Å². The zero-order chi connectivity index (χ0) is 15.2. The Balaban J connectivity index is 2.63. The second-order valence-corrected chi connectivity index (χ2v) is 7.44. The van der Waals surface area contributed by atoms with Gasteiger partial charge in [0.15, 0.2) is 0 Å². The van der Waals surface area contributed by atoms with Crippen molar-refractivity contribution in [2.45, 2.75) is 25.2 Å². The molecule has 1 aromatic carbocycles. The molecule has 0 radical (unpaired) electrons. The third-order valence-electron chi connectivity index (χ3n) is 2.91. The zero-order valence-corrected chi connectivity index (χ0v) is 14.9. The number of sulfonamides is 1. The first-order chi connectivity index (χ1) is 9.40. The molecule has 4 nitrogen and oxygen atoms in total. The minimum absolute atomic E-state index is 0.215. The molecule has 1 aromatic rings. The highest BCUT2D eigenvalue weighted by Crippen LogP contribution is 2.25. The highest BCUT2D eigenvalue weighted by atomic mass is 79.9. The number of hydrogen-bond acceptors (Lipinski definition) is 3. The molecule has 7 heteroatoms. The molecule has 0 aromatic heterocycles. The van der Waals surface area contributed by atoms with Gasteiger partial charge in [0.05, 0.1) is 9.92 Å². The van der Waals surface area contributed by atoms with Crippen LogP contribution in [0.15, 0.2) is 27.6 Å². The van der Waals surface area contributed by atoms with Crippen LogP contribution in [-0.2, 0) is 10.0 Å². The number of nitrogens with zero attached hydrogens (tertiary/aromatic N) is 1. The second kappa shape index (κ2) is 8.34. The Morgan fingerprint density at radius 3 is 2.55 bits per heavy atom. The molecule has 1 N–H and O–H groups in total. The molecule has 1 rings (SSSR count). The molecule has 0 unspecified atom stereocenters. The van der Waals surface area contributed by atoms with Gasteiger partial charge in [0.25, 0.3) is 0 Å². The highest BCUT2D eigenvalue weighted by Gasteiger charge is 2.15. The van der Waals surface area contributed by atoms with E-state index in [4.69, 9.17) is 11.6 Å². The van der Waals surface area contributed by atoms with Crippen LogP contribution >= 0.6 is 27.5 Å². The van der Waals surface area contributed by atoms with Crippen LogP contribution in [0.2, 0.25) is 5.02 Å². The summed E-state index contributed by atoms with van der Waals surface area (Å²) < 4.78 is 27.4. The maximum Gasteiger partial charge on any atom is 0.240 e. The predicted octanol–water partition coefficient (Wildman–Crippen LogP) is 3.11. The first kappa shape index (κ1) is 17.9. The minimum atomic E-state index is -3.48. The molecule has 0 saturated carbocycles. The van der Waals surface area contributed by atoms with Gasteiger partial charge in [0, 0.05) is 17.6 Å². The van der Waals surface area contributed by atoms with Gasteiger partial charge in [-0.3, -0.25) is 0 Å². The Kier molecular flexibility index (Phi) is 7.47. The molecule has 0 aliphatic heterocycles. The smallest absolute Gasteiger partial charge is 0.240 e. The van der Waals surface area contributed by atoms with Crippen LogP contribution in [0.1, 0.15) is 20.3 Å². The molecule has 0 spiro atoms. The summed E-state index contributed by atoms with van der Waals surface area (Å²) in [6.45, 7) is 7.18. The lowest BCUT2D eigenvalue weighted by atomic mass is 10.4. The second-order valence-electron chi connectivity index (χ2n) is 4.41. The Labute approximate surface area is 134 Å². The number of likely N-dealkylation sites (N-methyl/N-ethyl adjacent to an activating group) is 1. The number of nitrogens with one attached hydrogen (secondary N) is 1. The standard InChI is InChI=1S/C13H20BrClN2O2S/c1-3-8-17(4-2)9-7-16-20(18,19)11-5-6-13(15)12(14)10-11/h5-6,10,16H,3-4,7-9H2,1-2H3. The van der Waals surface area contributed by atoms with E-state index in [0.29, 0.717) is 22.6 Å². The van der Waals surface area contributed by atoms with Crippen LogP contribution in [0.5, 0.6) is 0 Å². The summed E-state index contributed by atoms with van der Waals surface area (Å²) in [6.07, 6.45) is 1.06. The number of rotatable bonds is 8. The maximum absolute atomic E-state index is 12.1. The van der Waals surface area contributed by atoms with Crippen LogP contribution in [-0.4, -0.2) is 39.5 Å². The third-order valence-corrected chi connectivity index (χ3v) is 5.58. The van der Waals surface area contributed by atoms with Crippen molar-refractivity contribution >= 4 is 37.6 Å². The summed E-state index contributed by atoms with van der Waals surface area (Å²) in [7, 11) is -3.48. The summed E-state index contributed by atoms with van der Waals surface area (Å²) in [5.41, 5.74) is 0. The van der Waals surface area contributed by atoms with Gasteiger partial charge < -0.3 is 4.90 Å². The lowest BCUT2D eigenvalue weighted by Crippen LogP contribution is -2.35. The first-order valence-electron chi connectivity index (χ1n) is 6.57. The van der Waals surface area contributed by atoms with Gasteiger partial charge >= 0.3 is 0 Å². The van der Waals surface area contributed by atoms with Crippen molar-refractivity contribution in [3.8, 4) is 0 Å². The highest BCUT2D eigenvalue weighted by molar-refractivity contribution is 9.10. The van der Waals surface area contributed by atoms with Crippen LogP contribution in [0.25, 0.3) is 0 Å². The molecule has 0 aliphatic carbocycles. The minimum Gasteiger partial charge on any atom is -0.302 e. The van der Waals surface area contributed by atoms with Crippen LogP contribution < -0.4 is 4.72 Å². The number of benzene rings is 1. The largest absolute Gasteiger partial charge is 0.302 e. The summed E-state index contributed by atoms with van der Waals surface area (Å²) in [5.74, 6) is 0.